The first-order valence-corrected chi connectivity index (χ1v) is 4.17. The van der Waals surface area contributed by atoms with Crippen molar-refractivity contribution in [1.29, 1.82) is 0 Å². The lowest BCUT2D eigenvalue weighted by Gasteiger charge is -1.98. The van der Waals surface area contributed by atoms with E-state index in [1.807, 2.05) is 0 Å². The molecule has 1 rings (SSSR count). The predicted octanol–water partition coefficient (Wildman–Crippen LogP) is 1.91. The molecule has 0 bridgehead atoms. The average Bonchev–Trinajstić information content (AvgIpc) is 2.14. The summed E-state index contributed by atoms with van der Waals surface area (Å²) in [6.45, 7) is 1.66. The highest BCUT2D eigenvalue weighted by Crippen LogP contribution is 2.19. The van der Waals surface area contributed by atoms with Crippen molar-refractivity contribution in [3.63, 3.8) is 0 Å². The number of aliphatic hydroxyl groups excluding tert-OH is 1. The highest BCUT2D eigenvalue weighted by Gasteiger charge is 2.08. The number of hydrogen-bond donors (Lipinski definition) is 1. The lowest BCUT2D eigenvalue weighted by molar-refractivity contribution is -0.385. The van der Waals surface area contributed by atoms with Crippen molar-refractivity contribution in [1.82, 2.24) is 0 Å². The van der Waals surface area contributed by atoms with Crippen LogP contribution in [0.1, 0.15) is 11.1 Å². The first-order chi connectivity index (χ1) is 6.65. The number of rotatable bonds is 3. The van der Waals surface area contributed by atoms with E-state index in [2.05, 4.69) is 0 Å². The van der Waals surface area contributed by atoms with E-state index in [9.17, 15) is 10.1 Å². The second kappa shape index (κ2) is 4.53. The maximum Gasteiger partial charge on any atom is 0.272 e. The fourth-order valence-electron chi connectivity index (χ4n) is 1.18. The van der Waals surface area contributed by atoms with Gasteiger partial charge in [-0.15, -0.1) is 0 Å². The zero-order valence-corrected chi connectivity index (χ0v) is 7.80. The molecule has 0 radical (unpaired) electrons. The Balaban J connectivity index is 3.00. The van der Waals surface area contributed by atoms with Crippen LogP contribution in [0.2, 0.25) is 0 Å². The van der Waals surface area contributed by atoms with Crippen LogP contribution in [0, 0.1) is 17.0 Å². The molecule has 0 fully saturated rings. The van der Waals surface area contributed by atoms with Crippen molar-refractivity contribution in [2.45, 2.75) is 6.92 Å². The van der Waals surface area contributed by atoms with Crippen molar-refractivity contribution in [2.24, 2.45) is 0 Å². The van der Waals surface area contributed by atoms with Gasteiger partial charge in [-0.05, 0) is 24.6 Å². The van der Waals surface area contributed by atoms with Gasteiger partial charge >= 0.3 is 0 Å². The van der Waals surface area contributed by atoms with E-state index in [0.29, 0.717) is 5.56 Å². The summed E-state index contributed by atoms with van der Waals surface area (Å²) >= 11 is 0. The van der Waals surface area contributed by atoms with Gasteiger partial charge in [0, 0.05) is 11.6 Å². The standard InChI is InChI=1S/C10H11NO3/c1-8-7-9(3-2-6-12)4-5-10(8)11(13)14/h2-5,7,12H,6H2,1H3. The van der Waals surface area contributed by atoms with E-state index in [4.69, 9.17) is 5.11 Å². The molecule has 1 aromatic rings. The Morgan fingerprint density at radius 3 is 2.79 bits per heavy atom. The summed E-state index contributed by atoms with van der Waals surface area (Å²) in [5.74, 6) is 0. The molecule has 1 aromatic carbocycles. The lowest BCUT2D eigenvalue weighted by Crippen LogP contribution is -1.91. The molecule has 4 heteroatoms. The first kappa shape index (κ1) is 10.4. The highest BCUT2D eigenvalue weighted by molar-refractivity contribution is 5.54. The zero-order chi connectivity index (χ0) is 10.6. The first-order valence-electron chi connectivity index (χ1n) is 4.17. The minimum atomic E-state index is -0.408. The summed E-state index contributed by atoms with van der Waals surface area (Å²) in [6, 6.07) is 4.83. The van der Waals surface area contributed by atoms with E-state index in [1.54, 1.807) is 31.2 Å². The smallest absolute Gasteiger partial charge is 0.272 e. The molecule has 0 aliphatic heterocycles. The monoisotopic (exact) mass is 193 g/mol. The third-order valence-electron chi connectivity index (χ3n) is 1.83. The quantitative estimate of drug-likeness (QED) is 0.589. The largest absolute Gasteiger partial charge is 0.392 e. The van der Waals surface area contributed by atoms with Gasteiger partial charge < -0.3 is 5.11 Å². The molecule has 0 amide bonds. The van der Waals surface area contributed by atoms with E-state index in [0.717, 1.165) is 5.56 Å². The molecule has 14 heavy (non-hydrogen) atoms. The normalized spacial score (nSPS) is 10.7. The molecule has 0 aliphatic rings. The van der Waals surface area contributed by atoms with Crippen molar-refractivity contribution in [2.75, 3.05) is 6.61 Å². The van der Waals surface area contributed by atoms with E-state index < -0.39 is 4.92 Å². The van der Waals surface area contributed by atoms with Gasteiger partial charge in [-0.3, -0.25) is 10.1 Å². The van der Waals surface area contributed by atoms with Gasteiger partial charge in [-0.2, -0.15) is 0 Å². The minimum Gasteiger partial charge on any atom is -0.392 e. The average molecular weight is 193 g/mol. The summed E-state index contributed by atoms with van der Waals surface area (Å²) in [7, 11) is 0. The highest BCUT2D eigenvalue weighted by atomic mass is 16.6. The second-order valence-corrected chi connectivity index (χ2v) is 2.89. The SMILES string of the molecule is Cc1cc(C=CCO)ccc1[N+](=O)[O-]. The Labute approximate surface area is 81.6 Å². The third-order valence-corrected chi connectivity index (χ3v) is 1.83. The van der Waals surface area contributed by atoms with Crippen LogP contribution in [-0.4, -0.2) is 16.6 Å². The molecule has 0 heterocycles. The van der Waals surface area contributed by atoms with Crippen molar-refractivity contribution < 1.29 is 10.0 Å². The van der Waals surface area contributed by atoms with Crippen molar-refractivity contribution in [3.8, 4) is 0 Å². The molecule has 0 aliphatic carbocycles. The minimum absolute atomic E-state index is 0.0317. The number of hydrogen-bond acceptors (Lipinski definition) is 3. The summed E-state index contributed by atoms with van der Waals surface area (Å²) < 4.78 is 0. The van der Waals surface area contributed by atoms with Gasteiger partial charge in [0.2, 0.25) is 0 Å². The van der Waals surface area contributed by atoms with Crippen LogP contribution in [0.5, 0.6) is 0 Å². The van der Waals surface area contributed by atoms with Gasteiger partial charge in [0.05, 0.1) is 11.5 Å². The molecule has 0 saturated heterocycles. The van der Waals surface area contributed by atoms with Crippen LogP contribution in [0.15, 0.2) is 24.3 Å². The van der Waals surface area contributed by atoms with Gasteiger partial charge in [0.25, 0.3) is 5.69 Å². The van der Waals surface area contributed by atoms with Gasteiger partial charge in [-0.25, -0.2) is 0 Å². The molecule has 4 nitrogen and oxygen atoms in total. The van der Waals surface area contributed by atoms with Crippen LogP contribution in [-0.2, 0) is 0 Å². The fourth-order valence-corrected chi connectivity index (χ4v) is 1.18. The van der Waals surface area contributed by atoms with Crippen LogP contribution in [0.25, 0.3) is 6.08 Å². The predicted molar refractivity (Wildman–Crippen MR) is 54.0 cm³/mol. The summed E-state index contributed by atoms with van der Waals surface area (Å²) in [5.41, 5.74) is 1.59. The summed E-state index contributed by atoms with van der Waals surface area (Å²) in [5, 5.41) is 19.0. The van der Waals surface area contributed by atoms with Gasteiger partial charge in [0.15, 0.2) is 0 Å². The number of nitrogens with zero attached hydrogens (tertiary/aromatic N) is 1. The number of nitro benzene ring substituents is 1. The molecule has 1 N–H and O–H groups in total. The van der Waals surface area contributed by atoms with Gasteiger partial charge in [0.1, 0.15) is 0 Å². The summed E-state index contributed by atoms with van der Waals surface area (Å²) in [4.78, 5) is 10.1. The Morgan fingerprint density at radius 1 is 1.57 bits per heavy atom. The molecule has 0 aromatic heterocycles. The van der Waals surface area contributed by atoms with Crippen LogP contribution in [0.4, 0.5) is 5.69 Å². The number of aliphatic hydroxyl groups is 1. The molecule has 0 spiro atoms. The Kier molecular flexibility index (Phi) is 3.36. The van der Waals surface area contributed by atoms with Gasteiger partial charge in [-0.1, -0.05) is 12.2 Å². The second-order valence-electron chi connectivity index (χ2n) is 2.89. The molecule has 0 atom stereocenters. The maximum atomic E-state index is 10.5. The van der Waals surface area contributed by atoms with Crippen LogP contribution < -0.4 is 0 Å². The van der Waals surface area contributed by atoms with E-state index in [-0.39, 0.29) is 12.3 Å². The lowest BCUT2D eigenvalue weighted by atomic mass is 10.1. The molecular formula is C10H11NO3. The molecule has 0 saturated carbocycles. The van der Waals surface area contributed by atoms with Crippen LogP contribution in [0.3, 0.4) is 0 Å². The topological polar surface area (TPSA) is 63.4 Å². The maximum absolute atomic E-state index is 10.5. The van der Waals surface area contributed by atoms with Crippen molar-refractivity contribution in [3.05, 3.63) is 45.5 Å². The molecule has 0 unspecified atom stereocenters. The fraction of sp³-hybridized carbons (Fsp3) is 0.200. The van der Waals surface area contributed by atoms with Crippen molar-refractivity contribution >= 4 is 11.8 Å². The Morgan fingerprint density at radius 2 is 2.29 bits per heavy atom. The molecular weight excluding hydrogens is 182 g/mol. The van der Waals surface area contributed by atoms with Crippen LogP contribution >= 0.6 is 0 Å². The number of aryl methyl sites for hydroxylation is 1. The Bertz CT molecular complexity index is 372. The number of benzene rings is 1. The van der Waals surface area contributed by atoms with E-state index in [1.165, 1.54) is 6.07 Å². The molecule has 74 valence electrons. The zero-order valence-electron chi connectivity index (χ0n) is 7.80. The van der Waals surface area contributed by atoms with E-state index >= 15 is 0 Å². The number of nitro groups is 1. The Hall–Kier alpha value is -1.68. The third kappa shape index (κ3) is 2.40. The summed E-state index contributed by atoms with van der Waals surface area (Å²) in [6.07, 6.45) is 3.30.